The quantitative estimate of drug-likeness (QED) is 0.251. The van der Waals surface area contributed by atoms with E-state index in [1.807, 2.05) is 57.2 Å². The maximum Gasteiger partial charge on any atom is 0.219 e. The Morgan fingerprint density at radius 3 is 2.42 bits per heavy atom. The molecule has 2 aromatic heterocycles. The zero-order valence-corrected chi connectivity index (χ0v) is 20.5. The van der Waals surface area contributed by atoms with Crippen LogP contribution in [0, 0.1) is 13.8 Å². The highest BCUT2D eigenvalue weighted by Crippen LogP contribution is 2.30. The SMILES string of the molecule is CCOc1ccccc1Oc1ccc(CNC(=NC)NCc2nc(C)c(C)o2)cn1.I. The molecule has 0 aliphatic rings. The molecule has 0 aliphatic carbocycles. The Morgan fingerprint density at radius 1 is 1.06 bits per heavy atom. The summed E-state index contributed by atoms with van der Waals surface area (Å²) in [4.78, 5) is 12.9. The number of pyridine rings is 1. The third-order valence-corrected chi connectivity index (χ3v) is 4.32. The van der Waals surface area contributed by atoms with E-state index in [-0.39, 0.29) is 24.0 Å². The third-order valence-electron chi connectivity index (χ3n) is 4.32. The summed E-state index contributed by atoms with van der Waals surface area (Å²) in [7, 11) is 1.71. The number of hydrogen-bond acceptors (Lipinski definition) is 6. The number of nitrogens with zero attached hydrogens (tertiary/aromatic N) is 3. The zero-order valence-electron chi connectivity index (χ0n) is 18.1. The zero-order chi connectivity index (χ0) is 21.3. The minimum Gasteiger partial charge on any atom is -0.490 e. The Bertz CT molecular complexity index is 970. The van der Waals surface area contributed by atoms with Crippen LogP contribution in [0.5, 0.6) is 17.4 Å². The summed E-state index contributed by atoms with van der Waals surface area (Å²) in [6.45, 7) is 7.35. The number of rotatable bonds is 8. The Morgan fingerprint density at radius 2 is 1.81 bits per heavy atom. The smallest absolute Gasteiger partial charge is 0.219 e. The first-order chi connectivity index (χ1) is 14.6. The number of benzene rings is 1. The summed E-state index contributed by atoms with van der Waals surface area (Å²) in [5, 5.41) is 6.42. The minimum absolute atomic E-state index is 0. The number of aromatic nitrogens is 2. The van der Waals surface area contributed by atoms with Crippen LogP contribution in [0.2, 0.25) is 0 Å². The highest BCUT2D eigenvalue weighted by Gasteiger charge is 2.08. The second kappa shape index (κ2) is 12.1. The van der Waals surface area contributed by atoms with Gasteiger partial charge in [-0.25, -0.2) is 9.97 Å². The van der Waals surface area contributed by atoms with Crippen LogP contribution in [0.4, 0.5) is 0 Å². The van der Waals surface area contributed by atoms with Gasteiger partial charge in [0.15, 0.2) is 17.5 Å². The van der Waals surface area contributed by atoms with Crippen LogP contribution < -0.4 is 20.1 Å². The Hall–Kier alpha value is -2.82. The maximum absolute atomic E-state index is 5.85. The van der Waals surface area contributed by atoms with Gasteiger partial charge in [-0.2, -0.15) is 0 Å². The van der Waals surface area contributed by atoms with Crippen LogP contribution in [-0.4, -0.2) is 29.6 Å². The fourth-order valence-corrected chi connectivity index (χ4v) is 2.68. The number of aliphatic imine (C=N–C) groups is 1. The van der Waals surface area contributed by atoms with Gasteiger partial charge in [0, 0.05) is 25.9 Å². The van der Waals surface area contributed by atoms with E-state index in [1.165, 1.54) is 0 Å². The van der Waals surface area contributed by atoms with Crippen LogP contribution in [-0.2, 0) is 13.1 Å². The van der Waals surface area contributed by atoms with Crippen molar-refractivity contribution in [2.75, 3.05) is 13.7 Å². The summed E-state index contributed by atoms with van der Waals surface area (Å²) in [5.41, 5.74) is 1.89. The molecular formula is C22H28IN5O3. The first-order valence-corrected chi connectivity index (χ1v) is 9.81. The number of oxazole rings is 1. The number of aryl methyl sites for hydroxylation is 2. The molecule has 0 atom stereocenters. The lowest BCUT2D eigenvalue weighted by atomic mass is 10.3. The van der Waals surface area contributed by atoms with Crippen molar-refractivity contribution in [3.8, 4) is 17.4 Å². The monoisotopic (exact) mass is 537 g/mol. The predicted molar refractivity (Wildman–Crippen MR) is 130 cm³/mol. The van der Waals surface area contributed by atoms with E-state index in [0.29, 0.717) is 48.9 Å². The van der Waals surface area contributed by atoms with Crippen molar-refractivity contribution in [2.24, 2.45) is 4.99 Å². The number of hydrogen-bond donors (Lipinski definition) is 2. The molecule has 8 nitrogen and oxygen atoms in total. The molecule has 0 fully saturated rings. The second-order valence-corrected chi connectivity index (χ2v) is 6.52. The number of halogens is 1. The number of nitrogens with one attached hydrogen (secondary N) is 2. The summed E-state index contributed by atoms with van der Waals surface area (Å²) in [6.07, 6.45) is 1.76. The molecule has 1 aromatic carbocycles. The van der Waals surface area contributed by atoms with Gasteiger partial charge >= 0.3 is 0 Å². The fourth-order valence-electron chi connectivity index (χ4n) is 2.68. The van der Waals surface area contributed by atoms with Gasteiger partial charge in [0.25, 0.3) is 0 Å². The van der Waals surface area contributed by atoms with Crippen molar-refractivity contribution in [2.45, 2.75) is 33.9 Å². The molecule has 0 aliphatic heterocycles. The Balaban J connectivity index is 0.00000341. The van der Waals surface area contributed by atoms with Gasteiger partial charge in [0.2, 0.25) is 11.8 Å². The lowest BCUT2D eigenvalue weighted by Gasteiger charge is -2.12. The molecule has 0 amide bonds. The van der Waals surface area contributed by atoms with Crippen molar-refractivity contribution in [3.63, 3.8) is 0 Å². The largest absolute Gasteiger partial charge is 0.490 e. The molecule has 3 aromatic rings. The molecule has 0 saturated carbocycles. The predicted octanol–water partition coefficient (Wildman–Crippen LogP) is 4.36. The standard InChI is InChI=1S/C22H27N5O3.HI/c1-5-28-18-8-6-7-9-19(18)30-20-11-10-17(12-24-20)13-25-22(23-4)26-14-21-27-15(2)16(3)29-21;/h6-12H,5,13-14H2,1-4H3,(H2,23,25,26);1H. The van der Waals surface area contributed by atoms with Crippen molar-refractivity contribution in [1.29, 1.82) is 0 Å². The molecule has 0 bridgehead atoms. The van der Waals surface area contributed by atoms with E-state index < -0.39 is 0 Å². The molecule has 0 radical (unpaired) electrons. The van der Waals surface area contributed by atoms with Gasteiger partial charge in [-0.05, 0) is 38.5 Å². The van der Waals surface area contributed by atoms with E-state index in [2.05, 4.69) is 25.6 Å². The van der Waals surface area contributed by atoms with E-state index in [9.17, 15) is 0 Å². The van der Waals surface area contributed by atoms with Gasteiger partial charge in [0.1, 0.15) is 5.76 Å². The number of ether oxygens (including phenoxy) is 2. The average molecular weight is 537 g/mol. The lowest BCUT2D eigenvalue weighted by molar-refractivity contribution is 0.319. The van der Waals surface area contributed by atoms with E-state index in [0.717, 1.165) is 17.0 Å². The minimum atomic E-state index is 0. The number of para-hydroxylation sites is 2. The summed E-state index contributed by atoms with van der Waals surface area (Å²) in [6, 6.07) is 11.3. The number of guanidine groups is 1. The van der Waals surface area contributed by atoms with Crippen molar-refractivity contribution in [1.82, 2.24) is 20.6 Å². The Kier molecular flexibility index (Phi) is 9.57. The normalized spacial score (nSPS) is 10.9. The summed E-state index contributed by atoms with van der Waals surface area (Å²) >= 11 is 0. The van der Waals surface area contributed by atoms with Crippen LogP contribution >= 0.6 is 24.0 Å². The second-order valence-electron chi connectivity index (χ2n) is 6.52. The highest BCUT2D eigenvalue weighted by molar-refractivity contribution is 14.0. The van der Waals surface area contributed by atoms with E-state index in [4.69, 9.17) is 13.9 Å². The molecular weight excluding hydrogens is 509 g/mol. The van der Waals surface area contributed by atoms with Crippen molar-refractivity contribution in [3.05, 3.63) is 65.5 Å². The molecule has 166 valence electrons. The van der Waals surface area contributed by atoms with Gasteiger partial charge in [-0.1, -0.05) is 18.2 Å². The molecule has 2 heterocycles. The average Bonchev–Trinajstić information content (AvgIpc) is 3.08. The summed E-state index contributed by atoms with van der Waals surface area (Å²) in [5.74, 6) is 3.94. The summed E-state index contributed by atoms with van der Waals surface area (Å²) < 4.78 is 17.0. The van der Waals surface area contributed by atoms with Gasteiger partial charge in [-0.15, -0.1) is 24.0 Å². The topological polar surface area (TPSA) is 93.8 Å². The third kappa shape index (κ3) is 7.12. The van der Waals surface area contributed by atoms with Gasteiger partial charge < -0.3 is 24.5 Å². The molecule has 0 saturated heterocycles. The van der Waals surface area contributed by atoms with Gasteiger partial charge in [-0.3, -0.25) is 4.99 Å². The molecule has 3 rings (SSSR count). The van der Waals surface area contributed by atoms with E-state index >= 15 is 0 Å². The van der Waals surface area contributed by atoms with Gasteiger partial charge in [0.05, 0.1) is 18.8 Å². The first-order valence-electron chi connectivity index (χ1n) is 9.81. The lowest BCUT2D eigenvalue weighted by Crippen LogP contribution is -2.36. The molecule has 31 heavy (non-hydrogen) atoms. The Labute approximate surface area is 199 Å². The van der Waals surface area contributed by atoms with Crippen LogP contribution in [0.3, 0.4) is 0 Å². The van der Waals surface area contributed by atoms with Crippen molar-refractivity contribution < 1.29 is 13.9 Å². The van der Waals surface area contributed by atoms with E-state index in [1.54, 1.807) is 13.2 Å². The highest BCUT2D eigenvalue weighted by atomic mass is 127. The maximum atomic E-state index is 5.85. The molecule has 0 spiro atoms. The molecule has 9 heteroatoms. The van der Waals surface area contributed by atoms with Crippen LogP contribution in [0.15, 0.2) is 52.0 Å². The first kappa shape index (κ1) is 24.4. The molecule has 0 unspecified atom stereocenters. The molecule has 2 N–H and O–H groups in total. The fraction of sp³-hybridized carbons (Fsp3) is 0.318. The van der Waals surface area contributed by atoms with Crippen LogP contribution in [0.25, 0.3) is 0 Å². The van der Waals surface area contributed by atoms with Crippen molar-refractivity contribution >= 4 is 29.9 Å². The van der Waals surface area contributed by atoms with Crippen LogP contribution in [0.1, 0.15) is 29.8 Å².